The molecule has 2 N–H and O–H groups in total. The minimum Gasteiger partial charge on any atom is -0.340 e. The van der Waals surface area contributed by atoms with Crippen LogP contribution in [0.25, 0.3) is 0 Å². The number of nitrogens with zero attached hydrogens (tertiary/aromatic N) is 2. The number of ketones is 1. The van der Waals surface area contributed by atoms with E-state index in [9.17, 15) is 4.79 Å². The number of aromatic nitrogens is 2. The molecule has 0 aliphatic rings. The monoisotopic (exact) mass is 338 g/mol. The first-order valence-electron chi connectivity index (χ1n) is 7.33. The maximum absolute atomic E-state index is 11.3. The van der Waals surface area contributed by atoms with Crippen LogP contribution in [0, 0.1) is 0 Å². The van der Waals surface area contributed by atoms with E-state index >= 15 is 0 Å². The van der Waals surface area contributed by atoms with Crippen LogP contribution in [0.1, 0.15) is 17.3 Å². The SMILES string of the molecule is CC(=O)c1ccc(Nc2cc(Nc3ccccc3Cl)ncn2)cc1. The molecule has 0 aliphatic carbocycles. The number of anilines is 4. The fourth-order valence-electron chi connectivity index (χ4n) is 2.13. The van der Waals surface area contributed by atoms with E-state index in [2.05, 4.69) is 20.6 Å². The standard InChI is InChI=1S/C18H15ClN4O/c1-12(24)13-6-8-14(9-7-13)22-17-10-18(21-11-20-17)23-16-5-3-2-4-15(16)19/h2-11H,1H3,(H2,20,21,22,23). The fourth-order valence-corrected chi connectivity index (χ4v) is 2.31. The molecule has 0 amide bonds. The lowest BCUT2D eigenvalue weighted by Gasteiger charge is -2.10. The van der Waals surface area contributed by atoms with Crippen LogP contribution >= 0.6 is 11.6 Å². The van der Waals surface area contributed by atoms with Crippen molar-refractivity contribution in [3.8, 4) is 0 Å². The van der Waals surface area contributed by atoms with Crippen LogP contribution in [-0.2, 0) is 0 Å². The van der Waals surface area contributed by atoms with Crippen molar-refractivity contribution in [2.75, 3.05) is 10.6 Å². The molecule has 0 saturated carbocycles. The zero-order valence-corrected chi connectivity index (χ0v) is 13.7. The van der Waals surface area contributed by atoms with Gasteiger partial charge in [0, 0.05) is 17.3 Å². The summed E-state index contributed by atoms with van der Waals surface area (Å²) >= 11 is 6.13. The molecule has 0 atom stereocenters. The molecule has 24 heavy (non-hydrogen) atoms. The van der Waals surface area contributed by atoms with Gasteiger partial charge in [-0.2, -0.15) is 0 Å². The van der Waals surface area contributed by atoms with Gasteiger partial charge >= 0.3 is 0 Å². The molecule has 0 spiro atoms. The van der Waals surface area contributed by atoms with Gasteiger partial charge in [0.15, 0.2) is 5.78 Å². The van der Waals surface area contributed by atoms with Crippen molar-refractivity contribution in [1.29, 1.82) is 0 Å². The number of halogens is 1. The molecule has 0 saturated heterocycles. The van der Waals surface area contributed by atoms with Crippen LogP contribution in [0.5, 0.6) is 0 Å². The Morgan fingerprint density at radius 3 is 2.29 bits per heavy atom. The molecular weight excluding hydrogens is 324 g/mol. The van der Waals surface area contributed by atoms with Crippen LogP contribution in [0.2, 0.25) is 5.02 Å². The zero-order chi connectivity index (χ0) is 16.9. The number of hydrogen-bond donors (Lipinski definition) is 2. The molecule has 3 aromatic rings. The van der Waals surface area contributed by atoms with Gasteiger partial charge in [-0.3, -0.25) is 4.79 Å². The summed E-state index contributed by atoms with van der Waals surface area (Å²) in [5.41, 5.74) is 2.28. The Labute approximate surface area is 144 Å². The van der Waals surface area contributed by atoms with E-state index < -0.39 is 0 Å². The summed E-state index contributed by atoms with van der Waals surface area (Å²) in [5, 5.41) is 6.95. The maximum Gasteiger partial charge on any atom is 0.159 e. The summed E-state index contributed by atoms with van der Waals surface area (Å²) in [6.45, 7) is 1.54. The minimum atomic E-state index is 0.0369. The molecule has 0 fully saturated rings. The lowest BCUT2D eigenvalue weighted by molar-refractivity contribution is 0.101. The van der Waals surface area contributed by atoms with Crippen molar-refractivity contribution in [2.24, 2.45) is 0 Å². The van der Waals surface area contributed by atoms with Gasteiger partial charge in [0.05, 0.1) is 10.7 Å². The number of rotatable bonds is 5. The number of carbonyl (C=O) groups is 1. The summed E-state index contributed by atoms with van der Waals surface area (Å²) in [5.74, 6) is 1.30. The molecule has 0 unspecified atom stereocenters. The fraction of sp³-hybridized carbons (Fsp3) is 0.0556. The summed E-state index contributed by atoms with van der Waals surface area (Å²) < 4.78 is 0. The van der Waals surface area contributed by atoms with E-state index in [0.29, 0.717) is 22.2 Å². The van der Waals surface area contributed by atoms with E-state index in [4.69, 9.17) is 11.6 Å². The van der Waals surface area contributed by atoms with Crippen molar-refractivity contribution in [1.82, 2.24) is 9.97 Å². The molecule has 0 bridgehead atoms. The highest BCUT2D eigenvalue weighted by molar-refractivity contribution is 6.33. The predicted octanol–water partition coefficient (Wildman–Crippen LogP) is 4.82. The van der Waals surface area contributed by atoms with E-state index in [-0.39, 0.29) is 5.78 Å². The lowest BCUT2D eigenvalue weighted by atomic mass is 10.1. The normalized spacial score (nSPS) is 10.2. The number of benzene rings is 2. The third-order valence-corrected chi connectivity index (χ3v) is 3.70. The van der Waals surface area contributed by atoms with Crippen molar-refractivity contribution in [2.45, 2.75) is 6.92 Å². The first kappa shape index (κ1) is 16.0. The summed E-state index contributed by atoms with van der Waals surface area (Å²) in [7, 11) is 0. The molecule has 6 heteroatoms. The summed E-state index contributed by atoms with van der Waals surface area (Å²) in [4.78, 5) is 19.7. The van der Waals surface area contributed by atoms with E-state index in [1.54, 1.807) is 31.2 Å². The molecule has 0 aliphatic heterocycles. The van der Waals surface area contributed by atoms with Crippen molar-refractivity contribution in [3.63, 3.8) is 0 Å². The van der Waals surface area contributed by atoms with Gasteiger partial charge in [0.2, 0.25) is 0 Å². The summed E-state index contributed by atoms with van der Waals surface area (Å²) in [6, 6.07) is 16.4. The third kappa shape index (κ3) is 3.88. The number of para-hydroxylation sites is 1. The van der Waals surface area contributed by atoms with Crippen LogP contribution in [0.4, 0.5) is 23.0 Å². The first-order chi connectivity index (χ1) is 11.6. The minimum absolute atomic E-state index is 0.0369. The van der Waals surface area contributed by atoms with Gasteiger partial charge in [-0.15, -0.1) is 0 Å². The largest absolute Gasteiger partial charge is 0.340 e. The second-order valence-corrected chi connectivity index (χ2v) is 5.56. The third-order valence-electron chi connectivity index (χ3n) is 3.37. The Balaban J connectivity index is 1.75. The Kier molecular flexibility index (Phi) is 4.72. The summed E-state index contributed by atoms with van der Waals surface area (Å²) in [6.07, 6.45) is 1.46. The molecule has 1 heterocycles. The topological polar surface area (TPSA) is 66.9 Å². The zero-order valence-electron chi connectivity index (χ0n) is 13.0. The van der Waals surface area contributed by atoms with E-state index in [1.165, 1.54) is 6.33 Å². The van der Waals surface area contributed by atoms with Gasteiger partial charge in [-0.05, 0) is 43.3 Å². The van der Waals surface area contributed by atoms with Crippen LogP contribution in [-0.4, -0.2) is 15.8 Å². The van der Waals surface area contributed by atoms with Crippen LogP contribution in [0.15, 0.2) is 60.9 Å². The number of carbonyl (C=O) groups excluding carboxylic acids is 1. The average Bonchev–Trinajstić information content (AvgIpc) is 2.58. The highest BCUT2D eigenvalue weighted by Gasteiger charge is 2.04. The van der Waals surface area contributed by atoms with Crippen LogP contribution in [0.3, 0.4) is 0 Å². The van der Waals surface area contributed by atoms with Gasteiger partial charge < -0.3 is 10.6 Å². The van der Waals surface area contributed by atoms with Crippen LogP contribution < -0.4 is 10.6 Å². The molecule has 3 rings (SSSR count). The number of Topliss-reactive ketones (excluding diaryl/α,β-unsaturated/α-hetero) is 1. The Morgan fingerprint density at radius 2 is 1.62 bits per heavy atom. The molecule has 2 aromatic carbocycles. The number of nitrogens with one attached hydrogen (secondary N) is 2. The second kappa shape index (κ2) is 7.10. The highest BCUT2D eigenvalue weighted by atomic mass is 35.5. The predicted molar refractivity (Wildman–Crippen MR) is 96.5 cm³/mol. The molecule has 120 valence electrons. The quantitative estimate of drug-likeness (QED) is 0.653. The number of hydrogen-bond acceptors (Lipinski definition) is 5. The Hall–Kier alpha value is -2.92. The average molecular weight is 339 g/mol. The molecule has 5 nitrogen and oxygen atoms in total. The van der Waals surface area contributed by atoms with Crippen molar-refractivity contribution >= 4 is 40.4 Å². The van der Waals surface area contributed by atoms with Gasteiger partial charge in [-0.1, -0.05) is 23.7 Å². The maximum atomic E-state index is 11.3. The van der Waals surface area contributed by atoms with Crippen molar-refractivity contribution in [3.05, 3.63) is 71.5 Å². The smallest absolute Gasteiger partial charge is 0.159 e. The molecule has 0 radical (unpaired) electrons. The van der Waals surface area contributed by atoms with Crippen molar-refractivity contribution < 1.29 is 4.79 Å². The molecule has 1 aromatic heterocycles. The van der Waals surface area contributed by atoms with Gasteiger partial charge in [-0.25, -0.2) is 9.97 Å². The second-order valence-electron chi connectivity index (χ2n) is 5.15. The highest BCUT2D eigenvalue weighted by Crippen LogP contribution is 2.25. The van der Waals surface area contributed by atoms with Gasteiger partial charge in [0.1, 0.15) is 18.0 Å². The van der Waals surface area contributed by atoms with Gasteiger partial charge in [0.25, 0.3) is 0 Å². The molecular formula is C18H15ClN4O. The lowest BCUT2D eigenvalue weighted by Crippen LogP contribution is -1.99. The Morgan fingerprint density at radius 1 is 0.958 bits per heavy atom. The van der Waals surface area contributed by atoms with E-state index in [0.717, 1.165) is 11.4 Å². The Bertz CT molecular complexity index is 865. The first-order valence-corrected chi connectivity index (χ1v) is 7.71. The van der Waals surface area contributed by atoms with E-state index in [1.807, 2.05) is 30.3 Å².